The van der Waals surface area contributed by atoms with Gasteiger partial charge in [-0.2, -0.15) is 13.2 Å². The summed E-state index contributed by atoms with van der Waals surface area (Å²) < 4.78 is 43.3. The number of non-ortho nitro benzene ring substituents is 1. The van der Waals surface area contributed by atoms with Crippen molar-refractivity contribution in [3.63, 3.8) is 0 Å². The lowest BCUT2D eigenvalue weighted by Gasteiger charge is -2.32. The molecule has 1 fully saturated rings. The number of aromatic nitrogens is 1. The number of piperidine rings is 1. The highest BCUT2D eigenvalue weighted by molar-refractivity contribution is 5.95. The Bertz CT molecular complexity index is 1020. The van der Waals surface area contributed by atoms with E-state index >= 15 is 0 Å². The molecule has 1 N–H and O–H groups in total. The number of pyridine rings is 1. The second kappa shape index (κ2) is 9.84. The zero-order valence-electron chi connectivity index (χ0n) is 17.5. The number of hydrogen-bond acceptors (Lipinski definition) is 7. The van der Waals surface area contributed by atoms with Gasteiger partial charge >= 0.3 is 12.1 Å². The lowest BCUT2D eigenvalue weighted by Crippen LogP contribution is -2.39. The first-order valence-corrected chi connectivity index (χ1v) is 10.1. The normalized spacial score (nSPS) is 15.6. The van der Waals surface area contributed by atoms with E-state index in [0.717, 1.165) is 12.3 Å². The number of amides is 1. The second-order valence-electron chi connectivity index (χ2n) is 7.54. The minimum Gasteiger partial charge on any atom is -0.452 e. The van der Waals surface area contributed by atoms with E-state index in [-0.39, 0.29) is 11.4 Å². The van der Waals surface area contributed by atoms with E-state index in [0.29, 0.717) is 31.7 Å². The molecular formula is C21H21F3N4O5. The Morgan fingerprint density at radius 2 is 1.94 bits per heavy atom. The van der Waals surface area contributed by atoms with Crippen molar-refractivity contribution < 1.29 is 32.4 Å². The van der Waals surface area contributed by atoms with Crippen LogP contribution in [0.2, 0.25) is 0 Å². The number of nitrogens with zero attached hydrogens (tertiary/aromatic N) is 3. The van der Waals surface area contributed by atoms with Crippen LogP contribution in [-0.4, -0.2) is 41.0 Å². The van der Waals surface area contributed by atoms with Crippen LogP contribution in [0.25, 0.3) is 0 Å². The summed E-state index contributed by atoms with van der Waals surface area (Å²) in [6, 6.07) is 7.63. The monoisotopic (exact) mass is 466 g/mol. The molecular weight excluding hydrogens is 445 g/mol. The number of alkyl halides is 3. The fourth-order valence-electron chi connectivity index (χ4n) is 3.35. The zero-order valence-corrected chi connectivity index (χ0v) is 17.5. The minimum atomic E-state index is -4.46. The Hall–Kier alpha value is -3.70. The molecule has 0 radical (unpaired) electrons. The highest BCUT2D eigenvalue weighted by Crippen LogP contribution is 2.30. The third-order valence-corrected chi connectivity index (χ3v) is 5.21. The maximum atomic E-state index is 12.7. The number of esters is 1. The highest BCUT2D eigenvalue weighted by atomic mass is 19.4. The topological polar surface area (TPSA) is 115 Å². The van der Waals surface area contributed by atoms with Gasteiger partial charge in [-0.3, -0.25) is 19.7 Å². The van der Waals surface area contributed by atoms with Gasteiger partial charge in [0.1, 0.15) is 5.82 Å². The summed E-state index contributed by atoms with van der Waals surface area (Å²) in [5, 5.41) is 13.3. The van der Waals surface area contributed by atoms with Crippen LogP contribution in [0.5, 0.6) is 0 Å². The number of nitrogens with one attached hydrogen (secondary N) is 1. The Balaban J connectivity index is 1.49. The average molecular weight is 466 g/mol. The number of nitro groups is 1. The van der Waals surface area contributed by atoms with E-state index < -0.39 is 40.6 Å². The number of nitro benzene ring substituents is 1. The fourth-order valence-corrected chi connectivity index (χ4v) is 3.35. The zero-order chi connectivity index (χ0) is 24.2. The summed E-state index contributed by atoms with van der Waals surface area (Å²) in [4.78, 5) is 40.6. The van der Waals surface area contributed by atoms with E-state index in [9.17, 15) is 32.9 Å². The van der Waals surface area contributed by atoms with Crippen LogP contribution < -0.4 is 10.2 Å². The van der Waals surface area contributed by atoms with E-state index in [1.807, 2.05) is 0 Å². The Morgan fingerprint density at radius 1 is 1.24 bits per heavy atom. The summed E-state index contributed by atoms with van der Waals surface area (Å²) in [7, 11) is 0. The second-order valence-corrected chi connectivity index (χ2v) is 7.54. The summed E-state index contributed by atoms with van der Waals surface area (Å²) >= 11 is 0. The number of ether oxygens (including phenoxy) is 1. The standard InChI is InChI=1S/C21H21F3N4O5/c1-13(19(29)26-16-3-2-4-17(11-16)28(31)32)33-20(30)14-7-9-27(10-8-14)18-6-5-15(12-25-18)21(22,23)24/h2-6,11-14H,7-10H2,1H3,(H,26,29)/t13-/m1/s1. The molecule has 3 rings (SSSR count). The Morgan fingerprint density at radius 3 is 2.52 bits per heavy atom. The summed E-state index contributed by atoms with van der Waals surface area (Å²) in [6.45, 7) is 2.19. The molecule has 1 amide bonds. The van der Waals surface area contributed by atoms with Crippen molar-refractivity contribution in [1.82, 2.24) is 4.98 Å². The van der Waals surface area contributed by atoms with Crippen LogP contribution in [0.3, 0.4) is 0 Å². The van der Waals surface area contributed by atoms with E-state index in [2.05, 4.69) is 10.3 Å². The molecule has 33 heavy (non-hydrogen) atoms. The molecule has 2 aromatic rings. The van der Waals surface area contributed by atoms with Gasteiger partial charge in [-0.1, -0.05) is 6.07 Å². The number of halogens is 3. The van der Waals surface area contributed by atoms with E-state index in [1.165, 1.54) is 37.3 Å². The number of carbonyl (C=O) groups is 2. The van der Waals surface area contributed by atoms with Crippen molar-refractivity contribution in [3.05, 3.63) is 58.3 Å². The number of anilines is 2. The predicted molar refractivity (Wildman–Crippen MR) is 111 cm³/mol. The van der Waals surface area contributed by atoms with Crippen LogP contribution in [0, 0.1) is 16.0 Å². The maximum absolute atomic E-state index is 12.7. The molecule has 0 bridgehead atoms. The number of benzene rings is 1. The van der Waals surface area contributed by atoms with E-state index in [4.69, 9.17) is 4.74 Å². The smallest absolute Gasteiger partial charge is 0.417 e. The molecule has 1 saturated heterocycles. The van der Waals surface area contributed by atoms with Crippen molar-refractivity contribution in [2.24, 2.45) is 5.92 Å². The van der Waals surface area contributed by atoms with Crippen molar-refractivity contribution >= 4 is 29.1 Å². The van der Waals surface area contributed by atoms with Crippen molar-refractivity contribution in [3.8, 4) is 0 Å². The van der Waals surface area contributed by atoms with Crippen LogP contribution >= 0.6 is 0 Å². The van der Waals surface area contributed by atoms with Gasteiger partial charge in [0.15, 0.2) is 6.10 Å². The van der Waals surface area contributed by atoms with Gasteiger partial charge in [-0.05, 0) is 38.0 Å². The molecule has 0 saturated carbocycles. The third-order valence-electron chi connectivity index (χ3n) is 5.21. The summed E-state index contributed by atoms with van der Waals surface area (Å²) in [6.07, 6.45) is -4.02. The van der Waals surface area contributed by atoms with Crippen LogP contribution in [0.4, 0.5) is 30.4 Å². The molecule has 1 aromatic carbocycles. The fraction of sp³-hybridized carbons (Fsp3) is 0.381. The SMILES string of the molecule is C[C@@H](OC(=O)C1CCN(c2ccc(C(F)(F)F)cn2)CC1)C(=O)Nc1cccc([N+](=O)[O-])c1. The number of rotatable bonds is 6. The molecule has 0 unspecified atom stereocenters. The maximum Gasteiger partial charge on any atom is 0.417 e. The first-order chi connectivity index (χ1) is 15.5. The quantitative estimate of drug-likeness (QED) is 0.391. The molecule has 1 aromatic heterocycles. The molecule has 1 aliphatic heterocycles. The lowest BCUT2D eigenvalue weighted by molar-refractivity contribution is -0.384. The molecule has 176 valence electrons. The molecule has 1 atom stereocenters. The highest BCUT2D eigenvalue weighted by Gasteiger charge is 2.32. The molecule has 0 spiro atoms. The summed E-state index contributed by atoms with van der Waals surface area (Å²) in [5.41, 5.74) is -0.816. The third kappa shape index (κ3) is 6.18. The van der Waals surface area contributed by atoms with Gasteiger partial charge in [0.05, 0.1) is 16.4 Å². The van der Waals surface area contributed by atoms with Gasteiger partial charge in [0, 0.05) is 37.1 Å². The van der Waals surface area contributed by atoms with Gasteiger partial charge in [-0.25, -0.2) is 4.98 Å². The molecule has 0 aliphatic carbocycles. The van der Waals surface area contributed by atoms with Gasteiger partial charge in [0.2, 0.25) is 0 Å². The minimum absolute atomic E-state index is 0.188. The Labute approximate surface area is 186 Å². The first-order valence-electron chi connectivity index (χ1n) is 10.1. The number of hydrogen-bond donors (Lipinski definition) is 1. The molecule has 2 heterocycles. The van der Waals surface area contributed by atoms with Gasteiger partial charge in [-0.15, -0.1) is 0 Å². The Kier molecular flexibility index (Phi) is 7.14. The largest absolute Gasteiger partial charge is 0.452 e. The lowest BCUT2D eigenvalue weighted by atomic mass is 9.97. The van der Waals surface area contributed by atoms with Crippen molar-refractivity contribution in [2.45, 2.75) is 32.0 Å². The molecule has 12 heteroatoms. The van der Waals surface area contributed by atoms with Gasteiger partial charge in [0.25, 0.3) is 11.6 Å². The van der Waals surface area contributed by atoms with E-state index in [1.54, 1.807) is 4.90 Å². The molecule has 9 nitrogen and oxygen atoms in total. The van der Waals surface area contributed by atoms with Gasteiger partial charge < -0.3 is 15.0 Å². The molecule has 1 aliphatic rings. The summed E-state index contributed by atoms with van der Waals surface area (Å²) in [5.74, 6) is -1.27. The van der Waals surface area contributed by atoms with Crippen molar-refractivity contribution in [2.75, 3.05) is 23.3 Å². The van der Waals surface area contributed by atoms with Crippen LogP contribution in [0.15, 0.2) is 42.6 Å². The number of carbonyl (C=O) groups excluding carboxylic acids is 2. The predicted octanol–water partition coefficient (Wildman–Crippen LogP) is 3.80. The van der Waals surface area contributed by atoms with Crippen LogP contribution in [-0.2, 0) is 20.5 Å². The first kappa shape index (κ1) is 24.0. The van der Waals surface area contributed by atoms with Crippen molar-refractivity contribution in [1.29, 1.82) is 0 Å². The van der Waals surface area contributed by atoms with Crippen LogP contribution in [0.1, 0.15) is 25.3 Å². The average Bonchev–Trinajstić information content (AvgIpc) is 2.78.